The molecule has 0 aliphatic carbocycles. The van der Waals surface area contributed by atoms with Crippen molar-refractivity contribution < 1.29 is 19.0 Å². The molecule has 2 unspecified atom stereocenters. The highest BCUT2D eigenvalue weighted by Gasteiger charge is 2.35. The monoisotopic (exact) mass is 294 g/mol. The first-order valence-electron chi connectivity index (χ1n) is 7.16. The van der Waals surface area contributed by atoms with Crippen molar-refractivity contribution in [3.8, 4) is 5.75 Å². The summed E-state index contributed by atoms with van der Waals surface area (Å²) in [6, 6.07) is 4.02. The van der Waals surface area contributed by atoms with Gasteiger partial charge < -0.3 is 14.7 Å². The lowest BCUT2D eigenvalue weighted by Crippen LogP contribution is -2.55. The highest BCUT2D eigenvalue weighted by atomic mass is 19.1. The lowest BCUT2D eigenvalue weighted by molar-refractivity contribution is -0.131. The summed E-state index contributed by atoms with van der Waals surface area (Å²) in [5.41, 5.74) is 0.500. The van der Waals surface area contributed by atoms with Crippen LogP contribution >= 0.6 is 0 Å². The second-order valence-corrected chi connectivity index (χ2v) is 5.55. The fourth-order valence-electron chi connectivity index (χ4n) is 3.03. The van der Waals surface area contributed by atoms with Crippen LogP contribution in [0.15, 0.2) is 18.2 Å². The lowest BCUT2D eigenvalue weighted by Gasteiger charge is -2.42. The second kappa shape index (κ2) is 5.61. The Bertz CT molecular complexity index is 544. The molecular weight excluding hydrogens is 275 g/mol. The summed E-state index contributed by atoms with van der Waals surface area (Å²) in [6.07, 6.45) is -0.770. The third-order valence-electron chi connectivity index (χ3n) is 4.29. The van der Waals surface area contributed by atoms with E-state index in [1.54, 1.807) is 17.9 Å². The Balaban J connectivity index is 1.72. The molecule has 0 aromatic heterocycles. The van der Waals surface area contributed by atoms with Gasteiger partial charge in [0.25, 0.3) is 0 Å². The number of piperazine rings is 1. The van der Waals surface area contributed by atoms with E-state index >= 15 is 0 Å². The molecule has 0 saturated carbocycles. The molecule has 2 aliphatic heterocycles. The first kappa shape index (κ1) is 14.3. The smallest absolute Gasteiger partial charge is 0.219 e. The Morgan fingerprint density at radius 3 is 2.71 bits per heavy atom. The van der Waals surface area contributed by atoms with Gasteiger partial charge in [0.2, 0.25) is 5.91 Å². The van der Waals surface area contributed by atoms with Crippen LogP contribution in [0.2, 0.25) is 0 Å². The first-order valence-corrected chi connectivity index (χ1v) is 7.16. The predicted octanol–water partition coefficient (Wildman–Crippen LogP) is 0.784. The zero-order valence-electron chi connectivity index (χ0n) is 12.0. The van der Waals surface area contributed by atoms with Crippen molar-refractivity contribution in [2.45, 2.75) is 19.1 Å². The summed E-state index contributed by atoms with van der Waals surface area (Å²) in [6.45, 7) is 4.61. The van der Waals surface area contributed by atoms with E-state index in [9.17, 15) is 14.3 Å². The van der Waals surface area contributed by atoms with E-state index in [2.05, 4.69) is 4.90 Å². The van der Waals surface area contributed by atoms with Gasteiger partial charge in [-0.15, -0.1) is 0 Å². The van der Waals surface area contributed by atoms with Gasteiger partial charge in [-0.3, -0.25) is 9.69 Å². The molecule has 1 aromatic carbocycles. The van der Waals surface area contributed by atoms with E-state index in [-0.39, 0.29) is 17.8 Å². The summed E-state index contributed by atoms with van der Waals surface area (Å²) in [4.78, 5) is 15.2. The van der Waals surface area contributed by atoms with Crippen LogP contribution in [0, 0.1) is 5.82 Å². The van der Waals surface area contributed by atoms with Gasteiger partial charge in [-0.25, -0.2) is 4.39 Å². The largest absolute Gasteiger partial charge is 0.491 e. The molecule has 2 atom stereocenters. The predicted molar refractivity (Wildman–Crippen MR) is 74.5 cm³/mol. The molecule has 114 valence electrons. The third-order valence-corrected chi connectivity index (χ3v) is 4.29. The number of halogens is 1. The van der Waals surface area contributed by atoms with E-state index in [4.69, 9.17) is 4.74 Å². The maximum atomic E-state index is 13.4. The zero-order valence-corrected chi connectivity index (χ0v) is 12.0. The summed E-state index contributed by atoms with van der Waals surface area (Å²) >= 11 is 0. The van der Waals surface area contributed by atoms with Gasteiger partial charge in [0, 0.05) is 38.7 Å². The van der Waals surface area contributed by atoms with Crippen LogP contribution in [0.3, 0.4) is 0 Å². The number of aliphatic hydroxyl groups excluding tert-OH is 1. The number of nitrogens with zero attached hydrogens (tertiary/aromatic N) is 2. The van der Waals surface area contributed by atoms with E-state index < -0.39 is 6.10 Å². The van der Waals surface area contributed by atoms with Gasteiger partial charge in [0.15, 0.2) is 0 Å². The topological polar surface area (TPSA) is 53.0 Å². The summed E-state index contributed by atoms with van der Waals surface area (Å²) in [5.74, 6) is 0.239. The quantitative estimate of drug-likeness (QED) is 0.832. The van der Waals surface area contributed by atoms with Crippen molar-refractivity contribution in [2.75, 3.05) is 32.8 Å². The van der Waals surface area contributed by atoms with Gasteiger partial charge >= 0.3 is 0 Å². The van der Waals surface area contributed by atoms with Crippen molar-refractivity contribution in [3.05, 3.63) is 29.6 Å². The minimum Gasteiger partial charge on any atom is -0.491 e. The first-order chi connectivity index (χ1) is 10.1. The highest BCUT2D eigenvalue weighted by Crippen LogP contribution is 2.34. The Morgan fingerprint density at radius 2 is 2.05 bits per heavy atom. The second-order valence-electron chi connectivity index (χ2n) is 5.55. The van der Waals surface area contributed by atoms with Crippen LogP contribution < -0.4 is 4.74 Å². The van der Waals surface area contributed by atoms with Gasteiger partial charge in [-0.05, 0) is 18.2 Å². The number of ether oxygens (including phenoxy) is 1. The normalized spacial score (nSPS) is 26.1. The number of hydrogen-bond acceptors (Lipinski definition) is 4. The minimum atomic E-state index is -0.770. The molecule has 1 amide bonds. The zero-order chi connectivity index (χ0) is 15.0. The molecule has 2 aliphatic rings. The molecule has 1 aromatic rings. The molecule has 1 N–H and O–H groups in total. The molecular formula is C15H19FN2O3. The van der Waals surface area contributed by atoms with Gasteiger partial charge in [0.05, 0.1) is 6.04 Å². The highest BCUT2D eigenvalue weighted by molar-refractivity contribution is 5.73. The SMILES string of the molecule is CC(=O)N1CCN(C2COc3ccc(F)cc3C2O)CC1. The van der Waals surface area contributed by atoms with Crippen LogP contribution in [0.4, 0.5) is 4.39 Å². The standard InChI is InChI=1S/C15H19FN2O3/c1-10(19)17-4-6-18(7-5-17)13-9-21-14-3-2-11(16)8-12(14)15(13)20/h2-3,8,13,15,20H,4-7,9H2,1H3. The fourth-order valence-corrected chi connectivity index (χ4v) is 3.03. The molecule has 1 fully saturated rings. The van der Waals surface area contributed by atoms with Crippen LogP contribution in [0.1, 0.15) is 18.6 Å². The summed E-state index contributed by atoms with van der Waals surface area (Å²) in [5, 5.41) is 10.5. The van der Waals surface area contributed by atoms with Crippen molar-refractivity contribution in [2.24, 2.45) is 0 Å². The molecule has 0 radical (unpaired) electrons. The number of aliphatic hydroxyl groups is 1. The molecule has 2 heterocycles. The maximum absolute atomic E-state index is 13.4. The number of carbonyl (C=O) groups is 1. The third kappa shape index (κ3) is 2.73. The average molecular weight is 294 g/mol. The minimum absolute atomic E-state index is 0.0718. The molecule has 21 heavy (non-hydrogen) atoms. The van der Waals surface area contributed by atoms with E-state index in [1.807, 2.05) is 0 Å². The van der Waals surface area contributed by atoms with Crippen LogP contribution in [-0.4, -0.2) is 59.6 Å². The average Bonchev–Trinajstić information content (AvgIpc) is 2.48. The maximum Gasteiger partial charge on any atom is 0.219 e. The van der Waals surface area contributed by atoms with E-state index in [0.29, 0.717) is 44.1 Å². The summed E-state index contributed by atoms with van der Waals surface area (Å²) in [7, 11) is 0. The molecule has 1 saturated heterocycles. The van der Waals surface area contributed by atoms with Crippen molar-refractivity contribution >= 4 is 5.91 Å². The molecule has 3 rings (SSSR count). The Labute approximate surface area is 122 Å². The van der Waals surface area contributed by atoms with Gasteiger partial charge in [-0.1, -0.05) is 0 Å². The molecule has 0 bridgehead atoms. The molecule has 5 nitrogen and oxygen atoms in total. The van der Waals surface area contributed by atoms with Gasteiger partial charge in [-0.2, -0.15) is 0 Å². The van der Waals surface area contributed by atoms with Crippen molar-refractivity contribution in [1.82, 2.24) is 9.80 Å². The van der Waals surface area contributed by atoms with Crippen LogP contribution in [0.25, 0.3) is 0 Å². The number of fused-ring (bicyclic) bond motifs is 1. The van der Waals surface area contributed by atoms with Crippen molar-refractivity contribution in [1.29, 1.82) is 0 Å². The van der Waals surface area contributed by atoms with E-state index in [0.717, 1.165) is 0 Å². The van der Waals surface area contributed by atoms with Gasteiger partial charge in [0.1, 0.15) is 24.3 Å². The van der Waals surface area contributed by atoms with Crippen LogP contribution in [-0.2, 0) is 4.79 Å². The molecule has 6 heteroatoms. The number of carbonyl (C=O) groups excluding carboxylic acids is 1. The number of hydrogen-bond donors (Lipinski definition) is 1. The number of benzene rings is 1. The lowest BCUT2D eigenvalue weighted by atomic mass is 9.97. The van der Waals surface area contributed by atoms with Crippen LogP contribution in [0.5, 0.6) is 5.75 Å². The fraction of sp³-hybridized carbons (Fsp3) is 0.533. The van der Waals surface area contributed by atoms with E-state index in [1.165, 1.54) is 12.1 Å². The Kier molecular flexibility index (Phi) is 3.82. The number of amides is 1. The summed E-state index contributed by atoms with van der Waals surface area (Å²) < 4.78 is 19.0. The van der Waals surface area contributed by atoms with Crippen molar-refractivity contribution in [3.63, 3.8) is 0 Å². The number of rotatable bonds is 1. The Hall–Kier alpha value is -1.66. The Morgan fingerprint density at radius 1 is 1.33 bits per heavy atom. The molecule has 0 spiro atoms.